The molecule has 0 radical (unpaired) electrons. The van der Waals surface area contributed by atoms with E-state index in [1.807, 2.05) is 32.9 Å². The van der Waals surface area contributed by atoms with E-state index in [0.717, 1.165) is 18.8 Å². The summed E-state index contributed by atoms with van der Waals surface area (Å²) < 4.78 is 0. The molecule has 0 aliphatic heterocycles. The molecule has 20 heavy (non-hydrogen) atoms. The number of benzene rings is 1. The van der Waals surface area contributed by atoms with Crippen LogP contribution in [0.1, 0.15) is 34.6 Å². The number of anilines is 2. The molecule has 0 fully saturated rings. The maximum absolute atomic E-state index is 11.7. The largest absolute Gasteiger partial charge is 0.376 e. The number of hydrogen-bond acceptors (Lipinski definition) is 3. The maximum atomic E-state index is 11.7. The molecule has 0 heterocycles. The lowest BCUT2D eigenvalue weighted by atomic mass is 10.1. The van der Waals surface area contributed by atoms with Gasteiger partial charge in [-0.3, -0.25) is 4.79 Å². The standard InChI is InChI=1S/C16H27N3O/c1-6-19(7-2)14-10-8-13(9-11-14)17-12-15(20)18-16(3,4)5/h8-11,17H,6-7,12H2,1-5H3,(H,18,20). The lowest BCUT2D eigenvalue weighted by Crippen LogP contribution is -2.43. The number of carbonyl (C=O) groups is 1. The SMILES string of the molecule is CCN(CC)c1ccc(NCC(=O)NC(C)(C)C)cc1. The van der Waals surface area contributed by atoms with Crippen LogP contribution in [0.3, 0.4) is 0 Å². The topological polar surface area (TPSA) is 44.4 Å². The van der Waals surface area contributed by atoms with Crippen molar-refractivity contribution in [3.63, 3.8) is 0 Å². The Morgan fingerprint density at radius 2 is 1.65 bits per heavy atom. The molecule has 112 valence electrons. The van der Waals surface area contributed by atoms with Gasteiger partial charge in [-0.05, 0) is 58.9 Å². The van der Waals surface area contributed by atoms with E-state index in [0.29, 0.717) is 6.54 Å². The van der Waals surface area contributed by atoms with E-state index < -0.39 is 0 Å². The normalized spacial score (nSPS) is 11.1. The number of carbonyl (C=O) groups excluding carboxylic acids is 1. The van der Waals surface area contributed by atoms with E-state index in [-0.39, 0.29) is 11.4 Å². The third-order valence-corrected chi connectivity index (χ3v) is 2.96. The molecule has 1 aromatic carbocycles. The van der Waals surface area contributed by atoms with E-state index in [2.05, 4.69) is 41.5 Å². The molecule has 2 N–H and O–H groups in total. The minimum Gasteiger partial charge on any atom is -0.376 e. The van der Waals surface area contributed by atoms with Crippen molar-refractivity contribution in [2.45, 2.75) is 40.2 Å². The van der Waals surface area contributed by atoms with Gasteiger partial charge in [0, 0.05) is 30.0 Å². The highest BCUT2D eigenvalue weighted by atomic mass is 16.2. The fourth-order valence-electron chi connectivity index (χ4n) is 2.02. The van der Waals surface area contributed by atoms with Gasteiger partial charge in [-0.15, -0.1) is 0 Å². The smallest absolute Gasteiger partial charge is 0.239 e. The summed E-state index contributed by atoms with van der Waals surface area (Å²) in [6.45, 7) is 12.5. The molecule has 0 aliphatic rings. The van der Waals surface area contributed by atoms with E-state index in [9.17, 15) is 4.79 Å². The Hall–Kier alpha value is -1.71. The van der Waals surface area contributed by atoms with Crippen molar-refractivity contribution in [3.8, 4) is 0 Å². The summed E-state index contributed by atoms with van der Waals surface area (Å²) in [5.74, 6) is 0.00493. The van der Waals surface area contributed by atoms with Crippen LogP contribution in [0.4, 0.5) is 11.4 Å². The third-order valence-electron chi connectivity index (χ3n) is 2.96. The molecule has 4 heteroatoms. The Morgan fingerprint density at radius 3 is 2.10 bits per heavy atom. The third kappa shape index (κ3) is 5.51. The van der Waals surface area contributed by atoms with Crippen molar-refractivity contribution in [1.29, 1.82) is 0 Å². The number of amides is 1. The van der Waals surface area contributed by atoms with Crippen LogP contribution in [-0.2, 0) is 4.79 Å². The fraction of sp³-hybridized carbons (Fsp3) is 0.562. The van der Waals surface area contributed by atoms with Gasteiger partial charge in [-0.2, -0.15) is 0 Å². The van der Waals surface area contributed by atoms with Gasteiger partial charge in [-0.25, -0.2) is 0 Å². The first-order valence-electron chi connectivity index (χ1n) is 7.25. The molecule has 1 amide bonds. The average molecular weight is 277 g/mol. The quantitative estimate of drug-likeness (QED) is 0.840. The summed E-state index contributed by atoms with van der Waals surface area (Å²) in [4.78, 5) is 14.0. The number of hydrogen-bond donors (Lipinski definition) is 2. The maximum Gasteiger partial charge on any atom is 0.239 e. The molecule has 4 nitrogen and oxygen atoms in total. The first kappa shape index (κ1) is 16.3. The molecule has 0 bridgehead atoms. The van der Waals surface area contributed by atoms with Gasteiger partial charge in [0.1, 0.15) is 0 Å². The Kier molecular flexibility index (Phi) is 5.86. The van der Waals surface area contributed by atoms with Gasteiger partial charge in [0.25, 0.3) is 0 Å². The number of rotatable bonds is 6. The summed E-state index contributed by atoms with van der Waals surface area (Å²) in [7, 11) is 0. The summed E-state index contributed by atoms with van der Waals surface area (Å²) in [5.41, 5.74) is 1.98. The molecule has 0 saturated heterocycles. The van der Waals surface area contributed by atoms with Crippen LogP contribution in [-0.4, -0.2) is 31.1 Å². The fourth-order valence-corrected chi connectivity index (χ4v) is 2.02. The van der Waals surface area contributed by atoms with Crippen molar-refractivity contribution in [3.05, 3.63) is 24.3 Å². The van der Waals surface area contributed by atoms with Gasteiger partial charge >= 0.3 is 0 Å². The first-order valence-corrected chi connectivity index (χ1v) is 7.25. The van der Waals surface area contributed by atoms with Crippen LogP contribution in [0.25, 0.3) is 0 Å². The van der Waals surface area contributed by atoms with Gasteiger partial charge < -0.3 is 15.5 Å². The Morgan fingerprint density at radius 1 is 1.10 bits per heavy atom. The molecule has 0 saturated carbocycles. The lowest BCUT2D eigenvalue weighted by molar-refractivity contribution is -0.120. The molecule has 0 unspecified atom stereocenters. The van der Waals surface area contributed by atoms with Crippen LogP contribution in [0.2, 0.25) is 0 Å². The lowest BCUT2D eigenvalue weighted by Gasteiger charge is -2.22. The predicted octanol–water partition coefficient (Wildman–Crippen LogP) is 2.86. The van der Waals surface area contributed by atoms with Crippen molar-refractivity contribution >= 4 is 17.3 Å². The zero-order valence-corrected chi connectivity index (χ0v) is 13.3. The second kappa shape index (κ2) is 7.17. The molecule has 0 spiro atoms. The highest BCUT2D eigenvalue weighted by Crippen LogP contribution is 2.17. The van der Waals surface area contributed by atoms with Gasteiger partial charge in [0.15, 0.2) is 0 Å². The number of nitrogens with one attached hydrogen (secondary N) is 2. The Labute approximate surface area is 122 Å². The highest BCUT2D eigenvalue weighted by molar-refractivity contribution is 5.81. The monoisotopic (exact) mass is 277 g/mol. The second-order valence-electron chi connectivity index (χ2n) is 5.87. The highest BCUT2D eigenvalue weighted by Gasteiger charge is 2.13. The van der Waals surface area contributed by atoms with E-state index in [1.165, 1.54) is 5.69 Å². The van der Waals surface area contributed by atoms with Crippen LogP contribution >= 0.6 is 0 Å². The number of nitrogens with zero attached hydrogens (tertiary/aromatic N) is 1. The summed E-state index contributed by atoms with van der Waals surface area (Å²) in [5, 5.41) is 6.07. The average Bonchev–Trinajstić information content (AvgIpc) is 2.37. The predicted molar refractivity (Wildman–Crippen MR) is 86.4 cm³/mol. The molecule has 0 atom stereocenters. The van der Waals surface area contributed by atoms with Crippen molar-refractivity contribution in [2.75, 3.05) is 29.9 Å². The summed E-state index contributed by atoms with van der Waals surface area (Å²) in [6, 6.07) is 8.18. The first-order chi connectivity index (χ1) is 9.35. The van der Waals surface area contributed by atoms with Crippen LogP contribution in [0, 0.1) is 0 Å². The molecule has 1 rings (SSSR count). The minimum atomic E-state index is -0.189. The van der Waals surface area contributed by atoms with E-state index >= 15 is 0 Å². The van der Waals surface area contributed by atoms with Gasteiger partial charge in [-0.1, -0.05) is 0 Å². The van der Waals surface area contributed by atoms with Crippen LogP contribution in [0.15, 0.2) is 24.3 Å². The van der Waals surface area contributed by atoms with Crippen molar-refractivity contribution in [1.82, 2.24) is 5.32 Å². The zero-order chi connectivity index (χ0) is 15.2. The van der Waals surface area contributed by atoms with Gasteiger partial charge in [0.05, 0.1) is 6.54 Å². The molecular formula is C16H27N3O. The second-order valence-corrected chi connectivity index (χ2v) is 5.87. The van der Waals surface area contributed by atoms with Gasteiger partial charge in [0.2, 0.25) is 5.91 Å². The van der Waals surface area contributed by atoms with Crippen LogP contribution in [0.5, 0.6) is 0 Å². The Balaban J connectivity index is 2.52. The summed E-state index contributed by atoms with van der Waals surface area (Å²) in [6.07, 6.45) is 0. The molecular weight excluding hydrogens is 250 g/mol. The van der Waals surface area contributed by atoms with Crippen molar-refractivity contribution in [2.24, 2.45) is 0 Å². The van der Waals surface area contributed by atoms with E-state index in [1.54, 1.807) is 0 Å². The zero-order valence-electron chi connectivity index (χ0n) is 13.3. The molecule has 1 aromatic rings. The molecule has 0 aromatic heterocycles. The van der Waals surface area contributed by atoms with Crippen LogP contribution < -0.4 is 15.5 Å². The molecule has 0 aliphatic carbocycles. The minimum absolute atomic E-state index is 0.00493. The van der Waals surface area contributed by atoms with Crippen molar-refractivity contribution < 1.29 is 4.79 Å². The summed E-state index contributed by atoms with van der Waals surface area (Å²) >= 11 is 0. The Bertz CT molecular complexity index is 416. The van der Waals surface area contributed by atoms with E-state index in [4.69, 9.17) is 0 Å².